The standard InChI is InChI=1S/C20H25ClN4O2/c1-27-13-3-8-22-20(26)16-6-7-19(23-15-16)25-11-9-24(10-12-25)18-5-2-4-17(21)14-18/h2,4-7,14-15H,3,8-13H2,1H3,(H,22,26). The number of benzene rings is 1. The van der Waals surface area contributed by atoms with E-state index in [-0.39, 0.29) is 5.91 Å². The minimum absolute atomic E-state index is 0.101. The van der Waals surface area contributed by atoms with Crippen molar-refractivity contribution in [3.05, 3.63) is 53.2 Å². The van der Waals surface area contributed by atoms with Gasteiger partial charge in [0, 0.05) is 63.3 Å². The lowest BCUT2D eigenvalue weighted by Gasteiger charge is -2.36. The van der Waals surface area contributed by atoms with Gasteiger partial charge in [-0.3, -0.25) is 4.79 Å². The normalized spacial score (nSPS) is 14.3. The molecule has 2 heterocycles. The SMILES string of the molecule is COCCCNC(=O)c1ccc(N2CCN(c3cccc(Cl)c3)CC2)nc1. The van der Waals surface area contributed by atoms with E-state index >= 15 is 0 Å². The third-order valence-corrected chi connectivity index (χ3v) is 4.83. The Balaban J connectivity index is 1.52. The zero-order chi connectivity index (χ0) is 19.1. The number of nitrogens with one attached hydrogen (secondary N) is 1. The molecule has 1 saturated heterocycles. The van der Waals surface area contributed by atoms with Crippen LogP contribution in [0.25, 0.3) is 0 Å². The summed E-state index contributed by atoms with van der Waals surface area (Å²) in [5.41, 5.74) is 1.73. The maximum Gasteiger partial charge on any atom is 0.252 e. The minimum atomic E-state index is -0.101. The number of halogens is 1. The first-order valence-corrected chi connectivity index (χ1v) is 9.54. The Bertz CT molecular complexity index is 746. The summed E-state index contributed by atoms with van der Waals surface area (Å²) in [6.45, 7) is 4.80. The predicted octanol–water partition coefficient (Wildman–Crippen LogP) is 2.83. The van der Waals surface area contributed by atoms with Crippen molar-refractivity contribution in [3.63, 3.8) is 0 Å². The van der Waals surface area contributed by atoms with Gasteiger partial charge < -0.3 is 19.9 Å². The molecule has 1 aromatic heterocycles. The molecule has 2 aromatic rings. The maximum absolute atomic E-state index is 12.1. The van der Waals surface area contributed by atoms with Gasteiger partial charge in [-0.05, 0) is 36.8 Å². The summed E-state index contributed by atoms with van der Waals surface area (Å²) in [6.07, 6.45) is 2.44. The van der Waals surface area contributed by atoms with Gasteiger partial charge in [0.05, 0.1) is 5.56 Å². The Morgan fingerprint density at radius 2 is 1.96 bits per heavy atom. The molecule has 7 heteroatoms. The van der Waals surface area contributed by atoms with Crippen LogP contribution in [0.3, 0.4) is 0 Å². The Hall–Kier alpha value is -2.31. The fourth-order valence-corrected chi connectivity index (χ4v) is 3.28. The first-order chi connectivity index (χ1) is 13.2. The highest BCUT2D eigenvalue weighted by atomic mass is 35.5. The highest BCUT2D eigenvalue weighted by Crippen LogP contribution is 2.22. The number of nitrogens with zero attached hydrogens (tertiary/aromatic N) is 3. The average molecular weight is 389 g/mol. The summed E-state index contributed by atoms with van der Waals surface area (Å²) in [4.78, 5) is 21.1. The van der Waals surface area contributed by atoms with Gasteiger partial charge in [-0.25, -0.2) is 4.98 Å². The molecule has 6 nitrogen and oxygen atoms in total. The molecule has 0 unspecified atom stereocenters. The van der Waals surface area contributed by atoms with Gasteiger partial charge in [0.1, 0.15) is 5.82 Å². The molecule has 1 aromatic carbocycles. The molecule has 0 spiro atoms. The first kappa shape index (κ1) is 19.5. The summed E-state index contributed by atoms with van der Waals surface area (Å²) < 4.78 is 4.97. The predicted molar refractivity (Wildman–Crippen MR) is 109 cm³/mol. The van der Waals surface area contributed by atoms with Gasteiger partial charge >= 0.3 is 0 Å². The molecule has 1 amide bonds. The van der Waals surface area contributed by atoms with Crippen molar-refractivity contribution >= 4 is 29.0 Å². The van der Waals surface area contributed by atoms with Crippen molar-refractivity contribution in [1.82, 2.24) is 10.3 Å². The first-order valence-electron chi connectivity index (χ1n) is 9.16. The highest BCUT2D eigenvalue weighted by molar-refractivity contribution is 6.30. The Labute approximate surface area is 165 Å². The summed E-state index contributed by atoms with van der Waals surface area (Å²) in [5.74, 6) is 0.799. The van der Waals surface area contributed by atoms with E-state index < -0.39 is 0 Å². The molecule has 1 N–H and O–H groups in total. The lowest BCUT2D eigenvalue weighted by molar-refractivity contribution is 0.0948. The number of rotatable bonds is 7. The van der Waals surface area contributed by atoms with E-state index in [9.17, 15) is 4.79 Å². The van der Waals surface area contributed by atoms with Gasteiger partial charge in [-0.2, -0.15) is 0 Å². The van der Waals surface area contributed by atoms with Gasteiger partial charge in [0.2, 0.25) is 0 Å². The molecule has 1 aliphatic heterocycles. The van der Waals surface area contributed by atoms with Crippen LogP contribution in [0.2, 0.25) is 5.02 Å². The number of hydrogen-bond donors (Lipinski definition) is 1. The van der Waals surface area contributed by atoms with Crippen LogP contribution >= 0.6 is 11.6 Å². The Morgan fingerprint density at radius 1 is 1.19 bits per heavy atom. The zero-order valence-electron chi connectivity index (χ0n) is 15.5. The number of hydrogen-bond acceptors (Lipinski definition) is 5. The molecule has 0 radical (unpaired) electrons. The molecule has 0 aliphatic carbocycles. The maximum atomic E-state index is 12.1. The van der Waals surface area contributed by atoms with Crippen LogP contribution in [0.5, 0.6) is 0 Å². The monoisotopic (exact) mass is 388 g/mol. The van der Waals surface area contributed by atoms with E-state index in [0.717, 1.165) is 49.1 Å². The van der Waals surface area contributed by atoms with Crippen LogP contribution in [0.4, 0.5) is 11.5 Å². The molecule has 0 saturated carbocycles. The number of anilines is 2. The molecular weight excluding hydrogens is 364 g/mol. The van der Waals surface area contributed by atoms with Crippen molar-refractivity contribution in [1.29, 1.82) is 0 Å². The summed E-state index contributed by atoms with van der Waals surface area (Å²) in [5, 5.41) is 3.63. The quantitative estimate of drug-likeness (QED) is 0.739. The minimum Gasteiger partial charge on any atom is -0.385 e. The van der Waals surface area contributed by atoms with Crippen molar-refractivity contribution in [3.8, 4) is 0 Å². The average Bonchev–Trinajstić information content (AvgIpc) is 2.71. The second-order valence-corrected chi connectivity index (χ2v) is 6.90. The fraction of sp³-hybridized carbons (Fsp3) is 0.400. The van der Waals surface area contributed by atoms with Crippen LogP contribution in [-0.4, -0.2) is 57.3 Å². The molecule has 1 fully saturated rings. The number of ether oxygens (including phenoxy) is 1. The summed E-state index contributed by atoms with van der Waals surface area (Å²) >= 11 is 6.09. The van der Waals surface area contributed by atoms with Crippen molar-refractivity contribution in [2.45, 2.75) is 6.42 Å². The van der Waals surface area contributed by atoms with E-state index in [1.807, 2.05) is 30.3 Å². The molecule has 144 valence electrons. The van der Waals surface area contributed by atoms with Crippen molar-refractivity contribution in [2.75, 3.05) is 56.2 Å². The number of amides is 1. The third-order valence-electron chi connectivity index (χ3n) is 4.60. The second-order valence-electron chi connectivity index (χ2n) is 6.46. The second kappa shape index (κ2) is 9.58. The number of pyridine rings is 1. The van der Waals surface area contributed by atoms with Crippen LogP contribution in [0, 0.1) is 0 Å². The molecule has 0 atom stereocenters. The Kier molecular flexibility index (Phi) is 6.90. The lowest BCUT2D eigenvalue weighted by atomic mass is 10.2. The zero-order valence-corrected chi connectivity index (χ0v) is 16.3. The highest BCUT2D eigenvalue weighted by Gasteiger charge is 2.18. The van der Waals surface area contributed by atoms with Crippen LogP contribution in [0.1, 0.15) is 16.8 Å². The molecule has 27 heavy (non-hydrogen) atoms. The summed E-state index contributed by atoms with van der Waals surface area (Å²) in [7, 11) is 1.65. The van der Waals surface area contributed by atoms with Crippen LogP contribution < -0.4 is 15.1 Å². The largest absolute Gasteiger partial charge is 0.385 e. The number of aromatic nitrogens is 1. The van der Waals surface area contributed by atoms with Crippen LogP contribution in [0.15, 0.2) is 42.6 Å². The molecule has 1 aliphatic rings. The van der Waals surface area contributed by atoms with Crippen molar-refractivity contribution in [2.24, 2.45) is 0 Å². The smallest absolute Gasteiger partial charge is 0.252 e. The van der Waals surface area contributed by atoms with E-state index in [4.69, 9.17) is 16.3 Å². The molecule has 3 rings (SSSR count). The van der Waals surface area contributed by atoms with E-state index in [1.54, 1.807) is 13.3 Å². The molecule has 0 bridgehead atoms. The third kappa shape index (κ3) is 5.34. The topological polar surface area (TPSA) is 57.7 Å². The van der Waals surface area contributed by atoms with Gasteiger partial charge in [-0.15, -0.1) is 0 Å². The number of carbonyl (C=O) groups excluding carboxylic acids is 1. The number of carbonyl (C=O) groups is 1. The van der Waals surface area contributed by atoms with E-state index in [1.165, 1.54) is 0 Å². The van der Waals surface area contributed by atoms with Crippen molar-refractivity contribution < 1.29 is 9.53 Å². The van der Waals surface area contributed by atoms with Gasteiger partial charge in [0.15, 0.2) is 0 Å². The number of methoxy groups -OCH3 is 1. The molecular formula is C20H25ClN4O2. The Morgan fingerprint density at radius 3 is 2.63 bits per heavy atom. The fourth-order valence-electron chi connectivity index (χ4n) is 3.09. The van der Waals surface area contributed by atoms with E-state index in [2.05, 4.69) is 26.2 Å². The number of piperazine rings is 1. The summed E-state index contributed by atoms with van der Waals surface area (Å²) in [6, 6.07) is 11.7. The van der Waals surface area contributed by atoms with E-state index in [0.29, 0.717) is 18.7 Å². The van der Waals surface area contributed by atoms with Gasteiger partial charge in [-0.1, -0.05) is 17.7 Å². The van der Waals surface area contributed by atoms with Crippen LogP contribution in [-0.2, 0) is 4.74 Å². The lowest BCUT2D eigenvalue weighted by Crippen LogP contribution is -2.46. The van der Waals surface area contributed by atoms with Gasteiger partial charge in [0.25, 0.3) is 5.91 Å².